The average molecular weight is 219 g/mol. The predicted octanol–water partition coefficient (Wildman–Crippen LogP) is 2.00. The number of aryl methyl sites for hydroxylation is 2. The quantitative estimate of drug-likeness (QED) is 0.622. The molecule has 0 fully saturated rings. The van der Waals surface area contributed by atoms with E-state index in [2.05, 4.69) is 30.8 Å². The lowest BCUT2D eigenvalue weighted by Gasteiger charge is -2.00. The van der Waals surface area contributed by atoms with Gasteiger partial charge >= 0.3 is 0 Å². The maximum Gasteiger partial charge on any atom is 0.0753 e. The zero-order chi connectivity index (χ0) is 12.0. The highest BCUT2D eigenvalue weighted by Gasteiger charge is 2.07. The van der Waals surface area contributed by atoms with Crippen molar-refractivity contribution in [2.24, 2.45) is 5.73 Å². The van der Waals surface area contributed by atoms with Gasteiger partial charge < -0.3 is 5.73 Å². The molecule has 0 bridgehead atoms. The Kier molecular flexibility index (Phi) is 5.07. The number of unbranched alkanes of at least 4 members (excludes halogenated alkanes) is 1. The Labute approximate surface area is 98.0 Å². The first kappa shape index (κ1) is 12.8. The van der Waals surface area contributed by atoms with Gasteiger partial charge in [-0.05, 0) is 33.2 Å². The molecule has 0 radical (unpaired) electrons. The molecule has 3 heteroatoms. The van der Waals surface area contributed by atoms with E-state index in [0.29, 0.717) is 6.54 Å². The summed E-state index contributed by atoms with van der Waals surface area (Å²) in [5.74, 6) is 6.36. The zero-order valence-electron chi connectivity index (χ0n) is 10.5. The zero-order valence-corrected chi connectivity index (χ0v) is 10.5. The average Bonchev–Trinajstić information content (AvgIpc) is 2.52. The monoisotopic (exact) mass is 219 g/mol. The van der Waals surface area contributed by atoms with E-state index in [-0.39, 0.29) is 0 Å². The normalized spacial score (nSPS) is 10.0. The van der Waals surface area contributed by atoms with Gasteiger partial charge in [0.1, 0.15) is 0 Å². The highest BCUT2D eigenvalue weighted by molar-refractivity contribution is 5.41. The van der Waals surface area contributed by atoms with E-state index in [9.17, 15) is 0 Å². The Bertz CT molecular complexity index is 393. The van der Waals surface area contributed by atoms with Crippen LogP contribution in [0.25, 0.3) is 0 Å². The summed E-state index contributed by atoms with van der Waals surface area (Å²) < 4.78 is 2.04. The standard InChI is InChI=1S/C13H21N3/c1-4-10-16-12(3)13(11(2)15-16)8-6-5-7-9-14/h4-5,7,9-10,14H2,1-3H3. The van der Waals surface area contributed by atoms with Crippen molar-refractivity contribution in [3.63, 3.8) is 0 Å². The Morgan fingerprint density at radius 1 is 1.38 bits per heavy atom. The van der Waals surface area contributed by atoms with E-state index in [0.717, 1.165) is 37.1 Å². The SMILES string of the molecule is CCCn1nc(C)c(C#CCCCN)c1C. The van der Waals surface area contributed by atoms with Gasteiger partial charge in [0.05, 0.1) is 17.0 Å². The van der Waals surface area contributed by atoms with Gasteiger partial charge in [0, 0.05) is 13.0 Å². The van der Waals surface area contributed by atoms with Gasteiger partial charge in [-0.2, -0.15) is 5.10 Å². The maximum absolute atomic E-state index is 5.43. The molecule has 88 valence electrons. The van der Waals surface area contributed by atoms with Gasteiger partial charge in [0.2, 0.25) is 0 Å². The predicted molar refractivity (Wildman–Crippen MR) is 67.2 cm³/mol. The van der Waals surface area contributed by atoms with Crippen LogP contribution < -0.4 is 5.73 Å². The molecule has 1 aromatic heterocycles. The molecule has 0 saturated carbocycles. The molecule has 0 unspecified atom stereocenters. The minimum Gasteiger partial charge on any atom is -0.330 e. The fourth-order valence-corrected chi connectivity index (χ4v) is 1.65. The highest BCUT2D eigenvalue weighted by Crippen LogP contribution is 2.11. The molecule has 0 amide bonds. The van der Waals surface area contributed by atoms with Crippen LogP contribution in [-0.4, -0.2) is 16.3 Å². The molecular formula is C13H21N3. The number of hydrogen-bond acceptors (Lipinski definition) is 2. The van der Waals surface area contributed by atoms with Crippen LogP contribution in [0, 0.1) is 25.7 Å². The number of nitrogens with zero attached hydrogens (tertiary/aromatic N) is 2. The molecule has 3 nitrogen and oxygen atoms in total. The Hall–Kier alpha value is -1.27. The highest BCUT2D eigenvalue weighted by atomic mass is 15.3. The largest absolute Gasteiger partial charge is 0.330 e. The van der Waals surface area contributed by atoms with Gasteiger partial charge in [-0.25, -0.2) is 0 Å². The fourth-order valence-electron chi connectivity index (χ4n) is 1.65. The lowest BCUT2D eigenvalue weighted by molar-refractivity contribution is 0.583. The molecule has 0 aliphatic rings. The van der Waals surface area contributed by atoms with Crippen molar-refractivity contribution in [3.8, 4) is 11.8 Å². The first-order valence-electron chi connectivity index (χ1n) is 5.93. The molecule has 1 rings (SSSR count). The van der Waals surface area contributed by atoms with E-state index >= 15 is 0 Å². The van der Waals surface area contributed by atoms with Crippen molar-refractivity contribution >= 4 is 0 Å². The summed E-state index contributed by atoms with van der Waals surface area (Å²) in [6.45, 7) is 7.94. The van der Waals surface area contributed by atoms with Crippen LogP contribution in [0.1, 0.15) is 43.1 Å². The van der Waals surface area contributed by atoms with Crippen molar-refractivity contribution in [1.82, 2.24) is 9.78 Å². The van der Waals surface area contributed by atoms with Crippen LogP contribution in [0.5, 0.6) is 0 Å². The topological polar surface area (TPSA) is 43.8 Å². The summed E-state index contributed by atoms with van der Waals surface area (Å²) in [6.07, 6.45) is 2.94. The summed E-state index contributed by atoms with van der Waals surface area (Å²) in [5, 5.41) is 4.49. The summed E-state index contributed by atoms with van der Waals surface area (Å²) in [4.78, 5) is 0. The van der Waals surface area contributed by atoms with Gasteiger partial charge in [0.15, 0.2) is 0 Å². The third-order valence-electron chi connectivity index (χ3n) is 2.54. The Balaban J connectivity index is 2.82. The van der Waals surface area contributed by atoms with Gasteiger partial charge in [-0.1, -0.05) is 18.8 Å². The summed E-state index contributed by atoms with van der Waals surface area (Å²) >= 11 is 0. The van der Waals surface area contributed by atoms with Crippen molar-refractivity contribution in [2.45, 2.75) is 46.6 Å². The maximum atomic E-state index is 5.43. The van der Waals surface area contributed by atoms with Gasteiger partial charge in [-0.15, -0.1) is 0 Å². The second-order valence-corrected chi connectivity index (χ2v) is 3.96. The van der Waals surface area contributed by atoms with Crippen LogP contribution >= 0.6 is 0 Å². The van der Waals surface area contributed by atoms with E-state index in [1.54, 1.807) is 0 Å². The van der Waals surface area contributed by atoms with Gasteiger partial charge in [0.25, 0.3) is 0 Å². The molecule has 0 saturated heterocycles. The summed E-state index contributed by atoms with van der Waals surface area (Å²) in [5.41, 5.74) is 8.73. The molecule has 0 spiro atoms. The first-order chi connectivity index (χ1) is 7.70. The molecule has 2 N–H and O–H groups in total. The third kappa shape index (κ3) is 3.11. The van der Waals surface area contributed by atoms with Crippen LogP contribution in [-0.2, 0) is 6.54 Å². The van der Waals surface area contributed by atoms with Crippen LogP contribution in [0.15, 0.2) is 0 Å². The molecule has 16 heavy (non-hydrogen) atoms. The van der Waals surface area contributed by atoms with Gasteiger partial charge in [-0.3, -0.25) is 4.68 Å². The second kappa shape index (κ2) is 6.34. The number of nitrogens with two attached hydrogens (primary N) is 1. The van der Waals surface area contributed by atoms with E-state index in [1.807, 2.05) is 11.6 Å². The summed E-state index contributed by atoms with van der Waals surface area (Å²) in [7, 11) is 0. The molecule has 0 aliphatic carbocycles. The fraction of sp³-hybridized carbons (Fsp3) is 0.615. The van der Waals surface area contributed by atoms with Crippen molar-refractivity contribution in [3.05, 3.63) is 17.0 Å². The summed E-state index contributed by atoms with van der Waals surface area (Å²) in [6, 6.07) is 0. The molecule has 1 heterocycles. The van der Waals surface area contributed by atoms with Crippen LogP contribution in [0.4, 0.5) is 0 Å². The van der Waals surface area contributed by atoms with Crippen molar-refractivity contribution in [2.75, 3.05) is 6.54 Å². The van der Waals surface area contributed by atoms with Crippen molar-refractivity contribution in [1.29, 1.82) is 0 Å². The van der Waals surface area contributed by atoms with Crippen molar-refractivity contribution < 1.29 is 0 Å². The Morgan fingerprint density at radius 3 is 2.75 bits per heavy atom. The second-order valence-electron chi connectivity index (χ2n) is 3.96. The van der Waals surface area contributed by atoms with E-state index in [1.165, 1.54) is 5.69 Å². The third-order valence-corrected chi connectivity index (χ3v) is 2.54. The Morgan fingerprint density at radius 2 is 2.12 bits per heavy atom. The molecular weight excluding hydrogens is 198 g/mol. The molecule has 0 aliphatic heterocycles. The van der Waals surface area contributed by atoms with Crippen LogP contribution in [0.3, 0.4) is 0 Å². The molecule has 1 aromatic rings. The smallest absolute Gasteiger partial charge is 0.0753 e. The number of rotatable bonds is 4. The number of hydrogen-bond donors (Lipinski definition) is 1. The lowest BCUT2D eigenvalue weighted by Crippen LogP contribution is -2.01. The minimum atomic E-state index is 0.710. The van der Waals surface area contributed by atoms with E-state index < -0.39 is 0 Å². The molecule has 0 atom stereocenters. The first-order valence-corrected chi connectivity index (χ1v) is 5.93. The minimum absolute atomic E-state index is 0.710. The van der Waals surface area contributed by atoms with E-state index in [4.69, 9.17) is 5.73 Å². The molecule has 0 aromatic carbocycles. The number of aromatic nitrogens is 2. The lowest BCUT2D eigenvalue weighted by atomic mass is 10.2. The van der Waals surface area contributed by atoms with Crippen LogP contribution in [0.2, 0.25) is 0 Å².